The fourth-order valence-electron chi connectivity index (χ4n) is 2.33. The van der Waals surface area contributed by atoms with Gasteiger partial charge in [-0.1, -0.05) is 0 Å². The standard InChI is InChI=1S/C9H15F2NO/c1-8(13)5-12(6-8)4-7-2-9(10,11)3-7/h7,13H,2-6H2,1H3. The highest BCUT2D eigenvalue weighted by Crippen LogP contribution is 2.43. The van der Waals surface area contributed by atoms with Crippen LogP contribution >= 0.6 is 0 Å². The lowest BCUT2D eigenvalue weighted by Gasteiger charge is -2.48. The second-order valence-corrected chi connectivity index (χ2v) is 4.80. The van der Waals surface area contributed by atoms with E-state index in [0.29, 0.717) is 13.1 Å². The van der Waals surface area contributed by atoms with Gasteiger partial charge in [-0.25, -0.2) is 8.78 Å². The highest BCUT2D eigenvalue weighted by molar-refractivity contribution is 4.95. The van der Waals surface area contributed by atoms with Crippen LogP contribution in [0.15, 0.2) is 0 Å². The van der Waals surface area contributed by atoms with Crippen molar-refractivity contribution in [2.75, 3.05) is 19.6 Å². The maximum atomic E-state index is 12.4. The van der Waals surface area contributed by atoms with Gasteiger partial charge in [0.25, 0.3) is 0 Å². The molecular weight excluding hydrogens is 176 g/mol. The van der Waals surface area contributed by atoms with E-state index in [4.69, 9.17) is 0 Å². The second kappa shape index (κ2) is 2.64. The number of halogens is 2. The third-order valence-corrected chi connectivity index (χ3v) is 2.82. The van der Waals surface area contributed by atoms with Gasteiger partial charge in [0.05, 0.1) is 5.60 Å². The average Bonchev–Trinajstić information content (AvgIpc) is 1.78. The summed E-state index contributed by atoms with van der Waals surface area (Å²) in [6, 6.07) is 0. The summed E-state index contributed by atoms with van der Waals surface area (Å²) in [7, 11) is 0. The molecular formula is C9H15F2NO. The Bertz CT molecular complexity index is 180. The first-order valence-electron chi connectivity index (χ1n) is 4.69. The average molecular weight is 191 g/mol. The molecule has 1 saturated heterocycles. The van der Waals surface area contributed by atoms with Crippen molar-refractivity contribution < 1.29 is 13.9 Å². The number of alkyl halides is 2. The van der Waals surface area contributed by atoms with Crippen LogP contribution < -0.4 is 0 Å². The number of aliphatic hydroxyl groups is 1. The van der Waals surface area contributed by atoms with Gasteiger partial charge in [-0.2, -0.15) is 0 Å². The molecule has 1 saturated carbocycles. The van der Waals surface area contributed by atoms with Crippen molar-refractivity contribution in [3.05, 3.63) is 0 Å². The normalized spacial score (nSPS) is 32.3. The van der Waals surface area contributed by atoms with Crippen molar-refractivity contribution in [1.29, 1.82) is 0 Å². The molecule has 0 aromatic rings. The van der Waals surface area contributed by atoms with E-state index in [1.165, 1.54) is 0 Å². The Kier molecular flexibility index (Phi) is 1.90. The van der Waals surface area contributed by atoms with E-state index in [1.807, 2.05) is 4.90 Å². The Labute approximate surface area is 76.5 Å². The molecule has 13 heavy (non-hydrogen) atoms. The van der Waals surface area contributed by atoms with E-state index in [9.17, 15) is 13.9 Å². The first kappa shape index (κ1) is 9.34. The van der Waals surface area contributed by atoms with Crippen LogP contribution in [0, 0.1) is 5.92 Å². The minimum Gasteiger partial charge on any atom is -0.388 e. The van der Waals surface area contributed by atoms with Crippen LogP contribution in [0.3, 0.4) is 0 Å². The van der Waals surface area contributed by atoms with Crippen molar-refractivity contribution in [3.8, 4) is 0 Å². The summed E-state index contributed by atoms with van der Waals surface area (Å²) < 4.78 is 24.9. The molecule has 1 aliphatic carbocycles. The molecule has 2 nitrogen and oxygen atoms in total. The molecule has 0 unspecified atom stereocenters. The van der Waals surface area contributed by atoms with E-state index < -0.39 is 11.5 Å². The van der Waals surface area contributed by atoms with Crippen molar-refractivity contribution in [2.24, 2.45) is 5.92 Å². The van der Waals surface area contributed by atoms with Crippen LogP contribution in [0.25, 0.3) is 0 Å². The predicted octanol–water partition coefficient (Wildman–Crippen LogP) is 1.10. The smallest absolute Gasteiger partial charge is 0.248 e. The van der Waals surface area contributed by atoms with Gasteiger partial charge in [-0.05, 0) is 12.8 Å². The van der Waals surface area contributed by atoms with E-state index in [0.717, 1.165) is 6.54 Å². The SMILES string of the molecule is CC1(O)CN(CC2CC(F)(F)C2)C1. The van der Waals surface area contributed by atoms with Crippen LogP contribution in [0.2, 0.25) is 0 Å². The highest BCUT2D eigenvalue weighted by Gasteiger charge is 2.47. The fraction of sp³-hybridized carbons (Fsp3) is 1.00. The largest absolute Gasteiger partial charge is 0.388 e. The summed E-state index contributed by atoms with van der Waals surface area (Å²) in [5.74, 6) is -2.26. The molecule has 76 valence electrons. The van der Waals surface area contributed by atoms with Gasteiger partial charge in [0.15, 0.2) is 0 Å². The summed E-state index contributed by atoms with van der Waals surface area (Å²) in [6.45, 7) is 3.77. The lowest BCUT2D eigenvalue weighted by molar-refractivity contribution is -0.140. The van der Waals surface area contributed by atoms with Crippen molar-refractivity contribution in [1.82, 2.24) is 4.90 Å². The Morgan fingerprint density at radius 1 is 1.38 bits per heavy atom. The lowest BCUT2D eigenvalue weighted by Crippen LogP contribution is -2.61. The first-order valence-corrected chi connectivity index (χ1v) is 4.69. The molecule has 1 aliphatic heterocycles. The molecule has 4 heteroatoms. The molecule has 2 fully saturated rings. The minimum absolute atomic E-state index is 0.0334. The van der Waals surface area contributed by atoms with Gasteiger partial charge >= 0.3 is 0 Å². The number of hydrogen-bond donors (Lipinski definition) is 1. The molecule has 1 heterocycles. The first-order chi connectivity index (χ1) is 5.86. The maximum Gasteiger partial charge on any atom is 0.248 e. The van der Waals surface area contributed by atoms with Crippen LogP contribution in [-0.2, 0) is 0 Å². The van der Waals surface area contributed by atoms with Crippen molar-refractivity contribution in [2.45, 2.75) is 31.3 Å². The zero-order chi connectivity index (χ0) is 9.69. The molecule has 0 aromatic heterocycles. The van der Waals surface area contributed by atoms with Crippen LogP contribution in [-0.4, -0.2) is 41.2 Å². The summed E-state index contributed by atoms with van der Waals surface area (Å²) in [5.41, 5.74) is -0.577. The molecule has 0 radical (unpaired) electrons. The Balaban J connectivity index is 1.66. The number of hydrogen-bond acceptors (Lipinski definition) is 2. The maximum absolute atomic E-state index is 12.4. The van der Waals surface area contributed by atoms with Crippen LogP contribution in [0.5, 0.6) is 0 Å². The van der Waals surface area contributed by atoms with Crippen LogP contribution in [0.1, 0.15) is 19.8 Å². The van der Waals surface area contributed by atoms with Gasteiger partial charge in [-0.3, -0.25) is 4.90 Å². The number of β-amino-alcohol motifs (C(OH)–C–C–N with tert-alkyl or cyclic N) is 1. The summed E-state index contributed by atoms with van der Waals surface area (Å²) in [4.78, 5) is 2.04. The van der Waals surface area contributed by atoms with Gasteiger partial charge < -0.3 is 5.11 Å². The van der Waals surface area contributed by atoms with Gasteiger partial charge in [-0.15, -0.1) is 0 Å². The third-order valence-electron chi connectivity index (χ3n) is 2.82. The van der Waals surface area contributed by atoms with Gasteiger partial charge in [0, 0.05) is 32.5 Å². The predicted molar refractivity (Wildman–Crippen MR) is 44.7 cm³/mol. The summed E-state index contributed by atoms with van der Waals surface area (Å²) in [6.07, 6.45) is 0.0668. The summed E-state index contributed by atoms with van der Waals surface area (Å²) >= 11 is 0. The molecule has 2 aliphatic rings. The Hall–Kier alpha value is -0.220. The van der Waals surface area contributed by atoms with Crippen LogP contribution in [0.4, 0.5) is 8.78 Å². The van der Waals surface area contributed by atoms with Crippen molar-refractivity contribution in [3.63, 3.8) is 0 Å². The zero-order valence-corrected chi connectivity index (χ0v) is 7.76. The fourth-order valence-corrected chi connectivity index (χ4v) is 2.33. The summed E-state index contributed by atoms with van der Waals surface area (Å²) in [5, 5.41) is 9.40. The molecule has 1 N–H and O–H groups in total. The number of likely N-dealkylation sites (tertiary alicyclic amines) is 1. The molecule has 0 aromatic carbocycles. The molecule has 2 rings (SSSR count). The number of rotatable bonds is 2. The van der Waals surface area contributed by atoms with E-state index in [2.05, 4.69) is 0 Å². The monoisotopic (exact) mass is 191 g/mol. The van der Waals surface area contributed by atoms with Gasteiger partial charge in [0.1, 0.15) is 0 Å². The molecule has 0 atom stereocenters. The Morgan fingerprint density at radius 2 is 1.92 bits per heavy atom. The second-order valence-electron chi connectivity index (χ2n) is 4.80. The molecule has 0 bridgehead atoms. The quantitative estimate of drug-likeness (QED) is 0.706. The van der Waals surface area contributed by atoms with Crippen molar-refractivity contribution >= 4 is 0 Å². The topological polar surface area (TPSA) is 23.5 Å². The lowest BCUT2D eigenvalue weighted by atomic mass is 9.80. The number of nitrogens with zero attached hydrogens (tertiary/aromatic N) is 1. The van der Waals surface area contributed by atoms with E-state index in [1.54, 1.807) is 6.92 Å². The zero-order valence-electron chi connectivity index (χ0n) is 7.76. The third kappa shape index (κ3) is 1.99. The van der Waals surface area contributed by atoms with E-state index >= 15 is 0 Å². The highest BCUT2D eigenvalue weighted by atomic mass is 19.3. The molecule has 0 spiro atoms. The van der Waals surface area contributed by atoms with E-state index in [-0.39, 0.29) is 18.8 Å². The molecule has 0 amide bonds. The minimum atomic E-state index is -2.40. The van der Waals surface area contributed by atoms with Gasteiger partial charge in [0.2, 0.25) is 5.92 Å². The Morgan fingerprint density at radius 3 is 2.31 bits per heavy atom.